The second-order valence-electron chi connectivity index (χ2n) is 14.0. The number of rotatable bonds is 14. The van der Waals surface area contributed by atoms with Crippen molar-refractivity contribution in [2.75, 3.05) is 53.3 Å². The van der Waals surface area contributed by atoms with Crippen molar-refractivity contribution in [1.82, 2.24) is 9.80 Å². The summed E-state index contributed by atoms with van der Waals surface area (Å²) in [6.45, 7) is 0.808. The van der Waals surface area contributed by atoms with Crippen LogP contribution in [-0.4, -0.2) is 76.6 Å². The Bertz CT molecular complexity index is 1520. The average Bonchev–Trinajstić information content (AvgIpc) is 3.65. The normalized spacial score (nSPS) is 15.2. The van der Waals surface area contributed by atoms with Crippen LogP contribution in [0, 0.1) is 0 Å². The van der Waals surface area contributed by atoms with Gasteiger partial charge in [-0.1, -0.05) is 75.6 Å². The van der Waals surface area contributed by atoms with E-state index in [2.05, 4.69) is 28.8 Å². The zero-order valence-electron chi connectivity index (χ0n) is 32.8. The monoisotopic (exact) mass is 746 g/mol. The van der Waals surface area contributed by atoms with Crippen molar-refractivity contribution in [3.8, 4) is 34.5 Å². The van der Waals surface area contributed by atoms with E-state index < -0.39 is 0 Å². The maximum atomic E-state index is 14.3. The molecule has 3 aromatic rings. The Morgan fingerprint density at radius 2 is 0.852 bits per heavy atom. The molecule has 12 nitrogen and oxygen atoms in total. The number of carbonyl (C=O) groups is 2. The topological polar surface area (TPSA) is 120 Å². The van der Waals surface area contributed by atoms with Crippen LogP contribution in [0.25, 0.3) is 0 Å². The van der Waals surface area contributed by atoms with Gasteiger partial charge < -0.3 is 48.9 Å². The number of hydrogen-bond donors (Lipinski definition) is 2. The minimum atomic E-state index is -0.226. The highest BCUT2D eigenvalue weighted by molar-refractivity contribution is 5.94. The van der Waals surface area contributed by atoms with Gasteiger partial charge in [0.15, 0.2) is 0 Å². The molecule has 294 valence electrons. The average molecular weight is 747 g/mol. The number of ether oxygens (including phenoxy) is 6. The van der Waals surface area contributed by atoms with Gasteiger partial charge in [0.2, 0.25) is 0 Å². The number of hydrogen-bond acceptors (Lipinski definition) is 8. The van der Waals surface area contributed by atoms with Crippen molar-refractivity contribution in [2.24, 2.45) is 0 Å². The fraction of sp³-hybridized carbons (Fsp3) is 0.524. The molecule has 54 heavy (non-hydrogen) atoms. The molecule has 3 aromatic carbocycles. The van der Waals surface area contributed by atoms with Crippen molar-refractivity contribution in [1.29, 1.82) is 0 Å². The molecule has 0 bridgehead atoms. The van der Waals surface area contributed by atoms with E-state index >= 15 is 0 Å². The molecule has 4 amide bonds. The third kappa shape index (κ3) is 10.1. The number of methoxy groups -OCH3 is 6. The lowest BCUT2D eigenvalue weighted by Crippen LogP contribution is -2.43. The van der Waals surface area contributed by atoms with Gasteiger partial charge in [-0.25, -0.2) is 9.59 Å². The first kappa shape index (κ1) is 40.2. The lowest BCUT2D eigenvalue weighted by Gasteiger charge is -2.33. The van der Waals surface area contributed by atoms with Crippen LogP contribution >= 0.6 is 0 Å². The zero-order valence-corrected chi connectivity index (χ0v) is 32.8. The predicted octanol–water partition coefficient (Wildman–Crippen LogP) is 9.25. The molecule has 5 rings (SSSR count). The summed E-state index contributed by atoms with van der Waals surface area (Å²) >= 11 is 0. The van der Waals surface area contributed by atoms with Crippen molar-refractivity contribution < 1.29 is 38.0 Å². The Kier molecular flexibility index (Phi) is 14.8. The summed E-state index contributed by atoms with van der Waals surface area (Å²) in [7, 11) is 9.38. The Hall–Kier alpha value is -5.00. The van der Waals surface area contributed by atoms with Crippen LogP contribution in [-0.2, 0) is 13.1 Å². The van der Waals surface area contributed by atoms with Crippen molar-refractivity contribution in [3.63, 3.8) is 0 Å². The van der Waals surface area contributed by atoms with E-state index in [4.69, 9.17) is 28.4 Å². The molecule has 2 fully saturated rings. The highest BCUT2D eigenvalue weighted by Crippen LogP contribution is 2.41. The van der Waals surface area contributed by atoms with E-state index in [0.29, 0.717) is 59.0 Å². The van der Waals surface area contributed by atoms with Gasteiger partial charge in [0.25, 0.3) is 0 Å². The van der Waals surface area contributed by atoms with Gasteiger partial charge in [0.1, 0.15) is 45.9 Å². The maximum Gasteiger partial charge on any atom is 0.322 e. The van der Waals surface area contributed by atoms with Gasteiger partial charge >= 0.3 is 12.1 Å². The molecule has 2 saturated carbocycles. The molecule has 2 N–H and O–H groups in total. The van der Waals surface area contributed by atoms with Crippen LogP contribution in [0.2, 0.25) is 0 Å². The summed E-state index contributed by atoms with van der Waals surface area (Å²) in [5.41, 5.74) is 2.88. The molecule has 0 atom stereocenters. The van der Waals surface area contributed by atoms with E-state index in [1.165, 1.54) is 0 Å². The van der Waals surface area contributed by atoms with Gasteiger partial charge in [-0.15, -0.1) is 0 Å². The van der Waals surface area contributed by atoms with E-state index in [0.717, 1.165) is 88.2 Å². The quantitative estimate of drug-likeness (QED) is 0.157. The number of amides is 4. The second-order valence-corrected chi connectivity index (χ2v) is 14.0. The van der Waals surface area contributed by atoms with Crippen molar-refractivity contribution in [3.05, 3.63) is 59.7 Å². The predicted molar refractivity (Wildman–Crippen MR) is 211 cm³/mol. The van der Waals surface area contributed by atoms with E-state index in [1.807, 2.05) is 15.9 Å². The van der Waals surface area contributed by atoms with E-state index in [9.17, 15) is 9.59 Å². The van der Waals surface area contributed by atoms with Gasteiger partial charge in [0, 0.05) is 49.4 Å². The molecule has 0 heterocycles. The summed E-state index contributed by atoms with van der Waals surface area (Å²) in [5.74, 6) is 2.92. The summed E-state index contributed by atoms with van der Waals surface area (Å²) < 4.78 is 33.4. The third-order valence-electron chi connectivity index (χ3n) is 10.6. The number of urea groups is 2. The SMILES string of the molecule is COc1cc(OC)c(NC(=O)N(Cc2cccc(CN(C(=O)Nc3c(OC)cc(OC)cc3OC)C3CCCCCC3)c2)C2CCCCCC2)c(OC)c1. The van der Waals surface area contributed by atoms with Gasteiger partial charge in [0.05, 0.1) is 42.7 Å². The number of carbonyl (C=O) groups excluding carboxylic acids is 2. The standard InChI is InChI=1S/C42H58N4O8/c1-49-33-23-35(51-3)39(36(24-33)52-4)43-41(47)45(31-18-11-7-8-12-19-31)27-29-16-15-17-30(22-29)28-46(32-20-13-9-10-14-21-32)42(48)44-40-37(53-5)25-34(50-2)26-38(40)54-6/h15-17,22-26,31-32H,7-14,18-21,27-28H2,1-6H3,(H,43,47)(H,44,48). The maximum absolute atomic E-state index is 14.3. The minimum absolute atomic E-state index is 0.0640. The van der Waals surface area contributed by atoms with E-state index in [-0.39, 0.29) is 24.1 Å². The van der Waals surface area contributed by atoms with Crippen molar-refractivity contribution in [2.45, 2.75) is 102 Å². The fourth-order valence-electron chi connectivity index (χ4n) is 7.71. The highest BCUT2D eigenvalue weighted by Gasteiger charge is 2.29. The number of nitrogens with zero attached hydrogens (tertiary/aromatic N) is 2. The first-order valence-electron chi connectivity index (χ1n) is 19.1. The lowest BCUT2D eigenvalue weighted by atomic mass is 10.0. The second kappa shape index (κ2) is 19.9. The summed E-state index contributed by atoms with van der Waals surface area (Å²) in [4.78, 5) is 32.5. The molecular formula is C42H58N4O8. The molecular weight excluding hydrogens is 688 g/mol. The van der Waals surface area contributed by atoms with Crippen LogP contribution in [0.4, 0.5) is 21.0 Å². The van der Waals surface area contributed by atoms with Gasteiger partial charge in [-0.3, -0.25) is 0 Å². The molecule has 12 heteroatoms. The van der Waals surface area contributed by atoms with Crippen molar-refractivity contribution >= 4 is 23.4 Å². The Morgan fingerprint density at radius 1 is 0.519 bits per heavy atom. The van der Waals surface area contributed by atoms with Crippen LogP contribution in [0.1, 0.15) is 88.2 Å². The number of nitrogens with one attached hydrogen (secondary N) is 2. The molecule has 0 aromatic heterocycles. The third-order valence-corrected chi connectivity index (χ3v) is 10.6. The summed E-state index contributed by atoms with van der Waals surface area (Å²) in [6, 6.07) is 14.8. The van der Waals surface area contributed by atoms with Crippen LogP contribution in [0.15, 0.2) is 48.5 Å². The van der Waals surface area contributed by atoms with Gasteiger partial charge in [-0.2, -0.15) is 0 Å². The fourth-order valence-corrected chi connectivity index (χ4v) is 7.71. The molecule has 2 aliphatic rings. The number of benzene rings is 3. The molecule has 0 unspecified atom stereocenters. The summed E-state index contributed by atoms with van der Waals surface area (Å²) in [6.07, 6.45) is 12.6. The number of anilines is 2. The smallest absolute Gasteiger partial charge is 0.322 e. The highest BCUT2D eigenvalue weighted by atomic mass is 16.5. The first-order valence-corrected chi connectivity index (χ1v) is 19.1. The Labute approximate surface area is 320 Å². The van der Waals surface area contributed by atoms with Gasteiger partial charge in [-0.05, 0) is 36.8 Å². The molecule has 0 aliphatic heterocycles. The lowest BCUT2D eigenvalue weighted by molar-refractivity contribution is 0.174. The van der Waals surface area contributed by atoms with E-state index in [1.54, 1.807) is 66.9 Å². The van der Waals surface area contributed by atoms with Crippen LogP contribution < -0.4 is 39.1 Å². The molecule has 0 spiro atoms. The largest absolute Gasteiger partial charge is 0.496 e. The van der Waals surface area contributed by atoms with Crippen LogP contribution in [0.3, 0.4) is 0 Å². The summed E-state index contributed by atoms with van der Waals surface area (Å²) in [5, 5.41) is 6.24. The Balaban J connectivity index is 1.43. The molecule has 0 radical (unpaired) electrons. The first-order chi connectivity index (χ1) is 26.3. The Morgan fingerprint density at radius 3 is 1.15 bits per heavy atom. The van der Waals surface area contributed by atoms with Crippen LogP contribution in [0.5, 0.6) is 34.5 Å². The zero-order chi connectivity index (χ0) is 38.5. The molecule has 2 aliphatic carbocycles. The minimum Gasteiger partial charge on any atom is -0.496 e. The molecule has 0 saturated heterocycles.